The van der Waals surface area contributed by atoms with Crippen LogP contribution in [0.25, 0.3) is 0 Å². The predicted molar refractivity (Wildman–Crippen MR) is 105 cm³/mol. The number of anilines is 1. The number of halogens is 1. The van der Waals surface area contributed by atoms with Crippen LogP contribution >= 0.6 is 11.6 Å². The maximum Gasteiger partial charge on any atom is 0.319 e. The molecule has 1 aliphatic heterocycles. The Bertz CT molecular complexity index is 728. The van der Waals surface area contributed by atoms with E-state index < -0.39 is 0 Å². The first-order valence-corrected chi connectivity index (χ1v) is 9.18. The normalized spacial score (nSPS) is 15.5. The molecule has 5 nitrogen and oxygen atoms in total. The highest BCUT2D eigenvalue weighted by atomic mass is 35.5. The molecule has 0 aromatic heterocycles. The van der Waals surface area contributed by atoms with Crippen LogP contribution in [0.2, 0.25) is 5.02 Å². The minimum absolute atomic E-state index is 0.172. The van der Waals surface area contributed by atoms with E-state index in [1.54, 1.807) is 13.2 Å². The van der Waals surface area contributed by atoms with Crippen molar-refractivity contribution in [3.05, 3.63) is 59.1 Å². The number of hydrogen-bond acceptors (Lipinski definition) is 3. The molecule has 0 atom stereocenters. The fraction of sp³-hybridized carbons (Fsp3) is 0.350. The highest BCUT2D eigenvalue weighted by molar-refractivity contribution is 6.30. The molecule has 1 fully saturated rings. The van der Waals surface area contributed by atoms with Crippen LogP contribution in [0.3, 0.4) is 0 Å². The maximum atomic E-state index is 12.2. The molecule has 0 radical (unpaired) electrons. The molecule has 3 rings (SSSR count). The molecule has 0 bridgehead atoms. The number of nitrogens with zero attached hydrogens (tertiary/aromatic N) is 1. The third-order valence-electron chi connectivity index (χ3n) is 4.57. The van der Waals surface area contributed by atoms with Crippen LogP contribution in [-0.4, -0.2) is 37.2 Å². The summed E-state index contributed by atoms with van der Waals surface area (Å²) in [7, 11) is 1.61. The highest BCUT2D eigenvalue weighted by Crippen LogP contribution is 2.18. The van der Waals surface area contributed by atoms with Crippen LogP contribution in [0.4, 0.5) is 10.5 Å². The minimum Gasteiger partial charge on any atom is -0.497 e. The second kappa shape index (κ2) is 8.92. The van der Waals surface area contributed by atoms with Crippen molar-refractivity contribution in [2.45, 2.75) is 25.4 Å². The summed E-state index contributed by atoms with van der Waals surface area (Å²) in [5.41, 5.74) is 1.98. The third-order valence-corrected chi connectivity index (χ3v) is 4.82. The quantitative estimate of drug-likeness (QED) is 0.828. The molecule has 138 valence electrons. The molecular formula is C20H24ClN3O2. The zero-order chi connectivity index (χ0) is 18.4. The number of piperidine rings is 1. The van der Waals surface area contributed by atoms with Gasteiger partial charge in [-0.25, -0.2) is 4.79 Å². The van der Waals surface area contributed by atoms with Gasteiger partial charge < -0.3 is 15.4 Å². The number of hydrogen-bond donors (Lipinski definition) is 2. The van der Waals surface area contributed by atoms with Crippen LogP contribution in [0.5, 0.6) is 5.75 Å². The van der Waals surface area contributed by atoms with Crippen molar-refractivity contribution in [2.24, 2.45) is 0 Å². The second-order valence-corrected chi connectivity index (χ2v) is 6.94. The fourth-order valence-electron chi connectivity index (χ4n) is 3.14. The van der Waals surface area contributed by atoms with Crippen LogP contribution in [0, 0.1) is 0 Å². The van der Waals surface area contributed by atoms with Gasteiger partial charge in [-0.2, -0.15) is 0 Å². The summed E-state index contributed by atoms with van der Waals surface area (Å²) >= 11 is 5.93. The fourth-order valence-corrected chi connectivity index (χ4v) is 3.26. The van der Waals surface area contributed by atoms with E-state index in [1.165, 1.54) is 5.56 Å². The summed E-state index contributed by atoms with van der Waals surface area (Å²) < 4.78 is 5.17. The number of carbonyl (C=O) groups is 1. The van der Waals surface area contributed by atoms with E-state index in [0.717, 1.165) is 48.9 Å². The largest absolute Gasteiger partial charge is 0.497 e. The first-order chi connectivity index (χ1) is 12.6. The molecule has 1 heterocycles. The molecule has 0 saturated carbocycles. The number of ether oxygens (including phenoxy) is 1. The lowest BCUT2D eigenvalue weighted by Gasteiger charge is -2.32. The average molecular weight is 374 g/mol. The number of benzene rings is 2. The van der Waals surface area contributed by atoms with Crippen LogP contribution < -0.4 is 15.4 Å². The average Bonchev–Trinajstić information content (AvgIpc) is 2.65. The van der Waals surface area contributed by atoms with Gasteiger partial charge in [-0.05, 0) is 42.7 Å². The van der Waals surface area contributed by atoms with Gasteiger partial charge in [-0.3, -0.25) is 4.90 Å². The Labute approximate surface area is 159 Å². The molecule has 2 N–H and O–H groups in total. The van der Waals surface area contributed by atoms with E-state index in [2.05, 4.69) is 27.7 Å². The maximum absolute atomic E-state index is 12.2. The summed E-state index contributed by atoms with van der Waals surface area (Å²) in [6.45, 7) is 2.85. The molecule has 0 aliphatic carbocycles. The third kappa shape index (κ3) is 5.38. The lowest BCUT2D eigenvalue weighted by atomic mass is 10.0. The van der Waals surface area contributed by atoms with Gasteiger partial charge in [-0.1, -0.05) is 29.8 Å². The number of likely N-dealkylation sites (tertiary alicyclic amines) is 1. The SMILES string of the molecule is COc1cccc(NC(=O)NC2CCN(Cc3ccc(Cl)cc3)CC2)c1. The van der Waals surface area contributed by atoms with Gasteiger partial charge in [0.2, 0.25) is 0 Å². The van der Waals surface area contributed by atoms with Crippen LogP contribution in [-0.2, 0) is 6.54 Å². The highest BCUT2D eigenvalue weighted by Gasteiger charge is 2.20. The van der Waals surface area contributed by atoms with Crippen molar-refractivity contribution in [1.82, 2.24) is 10.2 Å². The van der Waals surface area contributed by atoms with E-state index in [1.807, 2.05) is 30.3 Å². The summed E-state index contributed by atoms with van der Waals surface area (Å²) in [5, 5.41) is 6.69. The second-order valence-electron chi connectivity index (χ2n) is 6.51. The van der Waals surface area contributed by atoms with Gasteiger partial charge >= 0.3 is 6.03 Å². The van der Waals surface area contributed by atoms with Gasteiger partial charge in [0.1, 0.15) is 5.75 Å². The lowest BCUT2D eigenvalue weighted by molar-refractivity contribution is 0.190. The van der Waals surface area contributed by atoms with Crippen molar-refractivity contribution in [3.8, 4) is 5.75 Å². The number of carbonyl (C=O) groups excluding carboxylic acids is 1. The molecule has 1 saturated heterocycles. The zero-order valence-electron chi connectivity index (χ0n) is 14.9. The molecule has 26 heavy (non-hydrogen) atoms. The van der Waals surface area contributed by atoms with Gasteiger partial charge in [0.25, 0.3) is 0 Å². The number of methoxy groups -OCH3 is 1. The number of urea groups is 1. The van der Waals surface area contributed by atoms with Gasteiger partial charge in [-0.15, -0.1) is 0 Å². The Morgan fingerprint density at radius 2 is 1.92 bits per heavy atom. The Hall–Kier alpha value is -2.24. The predicted octanol–water partition coefficient (Wildman–Crippen LogP) is 4.13. The molecule has 0 unspecified atom stereocenters. The van der Waals surface area contributed by atoms with E-state index in [0.29, 0.717) is 0 Å². The summed E-state index contributed by atoms with van der Waals surface area (Å²) in [4.78, 5) is 14.6. The number of nitrogens with one attached hydrogen (secondary N) is 2. The molecule has 0 spiro atoms. The smallest absolute Gasteiger partial charge is 0.319 e. The van der Waals surface area contributed by atoms with Crippen LogP contribution in [0.1, 0.15) is 18.4 Å². The Balaban J connectivity index is 1.43. The van der Waals surface area contributed by atoms with Crippen molar-refractivity contribution >= 4 is 23.3 Å². The van der Waals surface area contributed by atoms with Crippen molar-refractivity contribution < 1.29 is 9.53 Å². The molecule has 1 aliphatic rings. The van der Waals surface area contributed by atoms with E-state index >= 15 is 0 Å². The van der Waals surface area contributed by atoms with Gasteiger partial charge in [0.05, 0.1) is 7.11 Å². The van der Waals surface area contributed by atoms with E-state index in [-0.39, 0.29) is 12.1 Å². The summed E-state index contributed by atoms with van der Waals surface area (Å²) in [5.74, 6) is 0.721. The summed E-state index contributed by atoms with van der Waals surface area (Å²) in [6, 6.07) is 15.3. The zero-order valence-corrected chi connectivity index (χ0v) is 15.6. The van der Waals surface area contributed by atoms with Crippen molar-refractivity contribution in [1.29, 1.82) is 0 Å². The lowest BCUT2D eigenvalue weighted by Crippen LogP contribution is -2.45. The molecule has 2 amide bonds. The molecule has 6 heteroatoms. The molecule has 2 aromatic carbocycles. The Kier molecular flexibility index (Phi) is 6.36. The first kappa shape index (κ1) is 18.5. The van der Waals surface area contributed by atoms with Gasteiger partial charge in [0, 0.05) is 42.5 Å². The monoisotopic (exact) mass is 373 g/mol. The number of rotatable bonds is 5. The topological polar surface area (TPSA) is 53.6 Å². The van der Waals surface area contributed by atoms with E-state index in [9.17, 15) is 4.79 Å². The van der Waals surface area contributed by atoms with E-state index in [4.69, 9.17) is 16.3 Å². The molecule has 2 aromatic rings. The van der Waals surface area contributed by atoms with Crippen molar-refractivity contribution in [2.75, 3.05) is 25.5 Å². The van der Waals surface area contributed by atoms with Crippen molar-refractivity contribution in [3.63, 3.8) is 0 Å². The Morgan fingerprint density at radius 3 is 2.62 bits per heavy atom. The minimum atomic E-state index is -0.172. The Morgan fingerprint density at radius 1 is 1.19 bits per heavy atom. The first-order valence-electron chi connectivity index (χ1n) is 8.81. The standard InChI is InChI=1S/C20H24ClN3O2/c1-26-19-4-2-3-18(13-19)23-20(25)22-17-9-11-24(12-10-17)14-15-5-7-16(21)8-6-15/h2-8,13,17H,9-12,14H2,1H3,(H2,22,23,25). The molecular weight excluding hydrogens is 350 g/mol. The summed E-state index contributed by atoms with van der Waals surface area (Å²) in [6.07, 6.45) is 1.89. The number of amides is 2. The van der Waals surface area contributed by atoms with Gasteiger partial charge in [0.15, 0.2) is 0 Å². The van der Waals surface area contributed by atoms with Crippen LogP contribution in [0.15, 0.2) is 48.5 Å².